The first kappa shape index (κ1) is 15.6. The number of nitrogens with two attached hydrogens (primary N) is 1. The summed E-state index contributed by atoms with van der Waals surface area (Å²) >= 11 is 0. The lowest BCUT2D eigenvalue weighted by atomic mass is 9.91. The van der Waals surface area contributed by atoms with E-state index in [0.29, 0.717) is 0 Å². The highest BCUT2D eigenvalue weighted by Gasteiger charge is 2.12. The highest BCUT2D eigenvalue weighted by Crippen LogP contribution is 2.32. The second-order valence-corrected chi connectivity index (χ2v) is 5.50. The summed E-state index contributed by atoms with van der Waals surface area (Å²) in [6.07, 6.45) is 0.822. The Morgan fingerprint density at radius 3 is 2.24 bits per heavy atom. The zero-order valence-corrected chi connectivity index (χ0v) is 13.0. The fourth-order valence-electron chi connectivity index (χ4n) is 2.88. The predicted molar refractivity (Wildman–Crippen MR) is 95.1 cm³/mol. The van der Waals surface area contributed by atoms with E-state index in [9.17, 15) is 0 Å². The number of fused-ring (bicyclic) bond motifs is 3. The summed E-state index contributed by atoms with van der Waals surface area (Å²) in [5.74, 6) is 0. The van der Waals surface area contributed by atoms with E-state index in [0.717, 1.165) is 12.0 Å². The van der Waals surface area contributed by atoms with Gasteiger partial charge >= 0.3 is 0 Å². The van der Waals surface area contributed by atoms with Crippen LogP contribution in [0.4, 0.5) is 0 Å². The number of hydrogen-bond donors (Lipinski definition) is 1. The molecule has 0 aromatic heterocycles. The maximum atomic E-state index is 6.39. The van der Waals surface area contributed by atoms with Crippen molar-refractivity contribution in [1.29, 1.82) is 0 Å². The molecule has 3 aromatic rings. The molecule has 0 saturated heterocycles. The third-order valence-corrected chi connectivity index (χ3v) is 3.77. The predicted octanol–water partition coefficient (Wildman–Crippen LogP) is 5.38. The third kappa shape index (κ3) is 2.94. The average molecular weight is 298 g/mol. The van der Waals surface area contributed by atoms with Gasteiger partial charge < -0.3 is 5.73 Å². The molecule has 2 N–H and O–H groups in total. The van der Waals surface area contributed by atoms with Crippen LogP contribution in [0.1, 0.15) is 24.9 Å². The molecule has 0 heterocycles. The van der Waals surface area contributed by atoms with Gasteiger partial charge in [-0.15, -0.1) is 19.0 Å². The van der Waals surface area contributed by atoms with Crippen LogP contribution in [0.15, 0.2) is 66.7 Å². The van der Waals surface area contributed by atoms with Gasteiger partial charge in [0.1, 0.15) is 0 Å². The van der Waals surface area contributed by atoms with Crippen LogP contribution in [-0.2, 0) is 0 Å². The van der Waals surface area contributed by atoms with Crippen LogP contribution in [0.3, 0.4) is 0 Å². The summed E-state index contributed by atoms with van der Waals surface area (Å²) in [7, 11) is 0. The lowest BCUT2D eigenvalue weighted by Gasteiger charge is -2.16. The van der Waals surface area contributed by atoms with Crippen LogP contribution in [0.2, 0.25) is 0 Å². The minimum absolute atomic E-state index is 0. The molecule has 2 heteroatoms. The van der Waals surface area contributed by atoms with E-state index < -0.39 is 0 Å². The molecule has 0 bridgehead atoms. The summed E-state index contributed by atoms with van der Waals surface area (Å²) in [4.78, 5) is 0. The first-order valence-corrected chi connectivity index (χ1v) is 6.97. The summed E-state index contributed by atoms with van der Waals surface area (Å²) in [5, 5.41) is 5.06. The summed E-state index contributed by atoms with van der Waals surface area (Å²) in [5.41, 5.74) is 8.72. The van der Waals surface area contributed by atoms with Crippen molar-refractivity contribution in [2.24, 2.45) is 5.73 Å². The molecule has 0 unspecified atom stereocenters. The monoisotopic (exact) mass is 297 g/mol. The number of hydrogen-bond acceptors (Lipinski definition) is 1. The van der Waals surface area contributed by atoms with E-state index in [1.54, 1.807) is 0 Å². The van der Waals surface area contributed by atoms with Crippen LogP contribution >= 0.6 is 12.4 Å². The van der Waals surface area contributed by atoms with E-state index in [1.807, 2.05) is 6.92 Å². The molecule has 3 aromatic carbocycles. The molecule has 0 spiro atoms. The van der Waals surface area contributed by atoms with Gasteiger partial charge in [-0.3, -0.25) is 0 Å². The first-order chi connectivity index (χ1) is 9.66. The Bertz CT molecular complexity index is 792. The fourth-order valence-corrected chi connectivity index (χ4v) is 2.88. The Kier molecular flexibility index (Phi) is 4.66. The van der Waals surface area contributed by atoms with E-state index in [2.05, 4.69) is 61.2 Å². The Hall–Kier alpha value is -1.83. The molecule has 1 atom stereocenters. The van der Waals surface area contributed by atoms with Crippen LogP contribution in [0, 0.1) is 0 Å². The van der Waals surface area contributed by atoms with Gasteiger partial charge in [0.15, 0.2) is 0 Å². The molecular weight excluding hydrogens is 278 g/mol. The largest absolute Gasteiger partial charge is 0.324 e. The van der Waals surface area contributed by atoms with Gasteiger partial charge in [-0.25, -0.2) is 0 Å². The number of benzene rings is 3. The van der Waals surface area contributed by atoms with Crippen molar-refractivity contribution in [3.05, 3.63) is 72.3 Å². The molecule has 0 amide bonds. The van der Waals surface area contributed by atoms with E-state index >= 15 is 0 Å². The van der Waals surface area contributed by atoms with E-state index in [-0.39, 0.29) is 18.4 Å². The second kappa shape index (κ2) is 6.30. The van der Waals surface area contributed by atoms with Gasteiger partial charge in [-0.2, -0.15) is 0 Å². The second-order valence-electron chi connectivity index (χ2n) is 5.50. The van der Waals surface area contributed by atoms with Gasteiger partial charge in [0.05, 0.1) is 0 Å². The molecule has 0 aliphatic heterocycles. The first-order valence-electron chi connectivity index (χ1n) is 6.97. The molecule has 0 radical (unpaired) electrons. The Morgan fingerprint density at radius 1 is 1.00 bits per heavy atom. The number of rotatable bonds is 3. The minimum Gasteiger partial charge on any atom is -0.324 e. The molecule has 108 valence electrons. The van der Waals surface area contributed by atoms with Crippen LogP contribution in [0.5, 0.6) is 0 Å². The van der Waals surface area contributed by atoms with Gasteiger partial charge in [-0.1, -0.05) is 54.1 Å². The standard InChI is InChI=1S/C19H19N.ClH/c1-13(2)11-19(20)18-12-14-7-3-4-8-15(14)16-9-5-6-10-17(16)18;/h3-10,12,19H,1,11,20H2,2H3;1H/t19-;/m1./s1. The van der Waals surface area contributed by atoms with Crippen LogP contribution in [-0.4, -0.2) is 0 Å². The molecule has 1 nitrogen and oxygen atoms in total. The van der Waals surface area contributed by atoms with Gasteiger partial charge in [0.25, 0.3) is 0 Å². The lowest BCUT2D eigenvalue weighted by molar-refractivity contribution is 0.724. The van der Waals surface area contributed by atoms with Crippen molar-refractivity contribution in [3.8, 4) is 0 Å². The highest BCUT2D eigenvalue weighted by atomic mass is 35.5. The smallest absolute Gasteiger partial charge is 0.0338 e. The Balaban J connectivity index is 0.00000161. The average Bonchev–Trinajstić information content (AvgIpc) is 2.45. The van der Waals surface area contributed by atoms with E-state index in [4.69, 9.17) is 5.73 Å². The molecule has 0 saturated carbocycles. The minimum atomic E-state index is 0. The van der Waals surface area contributed by atoms with Crippen molar-refractivity contribution in [2.45, 2.75) is 19.4 Å². The zero-order valence-electron chi connectivity index (χ0n) is 12.2. The topological polar surface area (TPSA) is 26.0 Å². The van der Waals surface area contributed by atoms with E-state index in [1.165, 1.54) is 27.1 Å². The lowest BCUT2D eigenvalue weighted by Crippen LogP contribution is -2.11. The van der Waals surface area contributed by atoms with Crippen molar-refractivity contribution in [2.75, 3.05) is 0 Å². The Labute approximate surface area is 131 Å². The van der Waals surface area contributed by atoms with Gasteiger partial charge in [0, 0.05) is 6.04 Å². The van der Waals surface area contributed by atoms with Gasteiger partial charge in [-0.05, 0) is 46.5 Å². The van der Waals surface area contributed by atoms with Gasteiger partial charge in [0.2, 0.25) is 0 Å². The maximum absolute atomic E-state index is 6.39. The maximum Gasteiger partial charge on any atom is 0.0338 e. The zero-order chi connectivity index (χ0) is 14.1. The molecule has 0 aliphatic rings. The molecular formula is C19H20ClN. The third-order valence-electron chi connectivity index (χ3n) is 3.77. The molecule has 21 heavy (non-hydrogen) atoms. The van der Waals surface area contributed by atoms with Crippen molar-refractivity contribution in [1.82, 2.24) is 0 Å². The summed E-state index contributed by atoms with van der Waals surface area (Å²) in [6.45, 7) is 6.01. The summed E-state index contributed by atoms with van der Waals surface area (Å²) < 4.78 is 0. The summed E-state index contributed by atoms with van der Waals surface area (Å²) in [6, 6.07) is 19.2. The fraction of sp³-hybridized carbons (Fsp3) is 0.158. The SMILES string of the molecule is C=C(C)C[C@@H](N)c1cc2ccccc2c2ccccc12.Cl. The quantitative estimate of drug-likeness (QED) is 0.510. The Morgan fingerprint density at radius 2 is 1.57 bits per heavy atom. The van der Waals surface area contributed by atoms with Crippen molar-refractivity contribution >= 4 is 34.0 Å². The molecule has 0 fully saturated rings. The molecule has 3 rings (SSSR count). The highest BCUT2D eigenvalue weighted by molar-refractivity contribution is 6.09. The van der Waals surface area contributed by atoms with Crippen molar-refractivity contribution in [3.63, 3.8) is 0 Å². The molecule has 0 aliphatic carbocycles. The number of halogens is 1. The van der Waals surface area contributed by atoms with Crippen LogP contribution < -0.4 is 5.73 Å². The van der Waals surface area contributed by atoms with Crippen LogP contribution in [0.25, 0.3) is 21.5 Å². The van der Waals surface area contributed by atoms with Crippen molar-refractivity contribution < 1.29 is 0 Å². The normalized spacial score (nSPS) is 12.1.